The summed E-state index contributed by atoms with van der Waals surface area (Å²) in [6.45, 7) is 2.09. The Labute approximate surface area is 120 Å². The van der Waals surface area contributed by atoms with E-state index in [4.69, 9.17) is 0 Å². The first kappa shape index (κ1) is 14.2. The summed E-state index contributed by atoms with van der Waals surface area (Å²) in [7, 11) is 0. The minimum Gasteiger partial charge on any atom is -0.396 e. The Kier molecular flexibility index (Phi) is 5.23. The lowest BCUT2D eigenvalue weighted by Crippen LogP contribution is -2.28. The van der Waals surface area contributed by atoms with Crippen LogP contribution in [0.1, 0.15) is 12.5 Å². The average molecular weight is 265 g/mol. The third kappa shape index (κ3) is 4.15. The van der Waals surface area contributed by atoms with Crippen molar-refractivity contribution in [2.24, 2.45) is 5.92 Å². The molecule has 0 amide bonds. The van der Waals surface area contributed by atoms with E-state index in [9.17, 15) is 5.11 Å². The lowest BCUT2D eigenvalue weighted by atomic mass is 10.0. The first-order valence-electron chi connectivity index (χ1n) is 6.78. The van der Waals surface area contributed by atoms with Gasteiger partial charge in [-0.3, -0.25) is 0 Å². The Balaban J connectivity index is 2.15. The second-order valence-corrected chi connectivity index (χ2v) is 4.78. The SMILES string of the molecule is C[C@@H](CO)[C@@H](C#Cc1ccccc1)Nc1ccccc1. The minimum absolute atomic E-state index is 0.0615. The number of aliphatic hydroxyl groups is 1. The fraction of sp³-hybridized carbons (Fsp3) is 0.222. The monoisotopic (exact) mass is 265 g/mol. The van der Waals surface area contributed by atoms with Crippen molar-refractivity contribution in [3.8, 4) is 11.8 Å². The number of rotatable bonds is 4. The van der Waals surface area contributed by atoms with E-state index < -0.39 is 0 Å². The summed E-state index contributed by atoms with van der Waals surface area (Å²) < 4.78 is 0. The van der Waals surface area contributed by atoms with E-state index in [0.717, 1.165) is 11.3 Å². The number of hydrogen-bond donors (Lipinski definition) is 2. The molecular formula is C18H19NO. The summed E-state index contributed by atoms with van der Waals surface area (Å²) in [6, 6.07) is 19.7. The van der Waals surface area contributed by atoms with E-state index in [1.54, 1.807) is 0 Å². The number of anilines is 1. The molecule has 0 fully saturated rings. The zero-order valence-corrected chi connectivity index (χ0v) is 11.6. The standard InChI is InChI=1S/C18H19NO/c1-15(14-20)18(19-17-10-6-3-7-11-17)13-12-16-8-4-2-5-9-16/h2-11,15,18-20H,14H2,1H3/t15-,18+/m0/s1. The van der Waals surface area contributed by atoms with Crippen LogP contribution in [0.15, 0.2) is 60.7 Å². The highest BCUT2D eigenvalue weighted by Crippen LogP contribution is 2.12. The van der Waals surface area contributed by atoms with Gasteiger partial charge in [-0.1, -0.05) is 55.2 Å². The second-order valence-electron chi connectivity index (χ2n) is 4.78. The molecule has 0 heterocycles. The first-order chi connectivity index (χ1) is 9.79. The highest BCUT2D eigenvalue weighted by atomic mass is 16.3. The van der Waals surface area contributed by atoms with Gasteiger partial charge < -0.3 is 10.4 Å². The van der Waals surface area contributed by atoms with Crippen molar-refractivity contribution >= 4 is 5.69 Å². The number of nitrogens with one attached hydrogen (secondary N) is 1. The molecule has 0 saturated carbocycles. The van der Waals surface area contributed by atoms with Gasteiger partial charge in [0.15, 0.2) is 0 Å². The molecule has 0 saturated heterocycles. The normalized spacial score (nSPS) is 12.9. The summed E-state index contributed by atoms with van der Waals surface area (Å²) >= 11 is 0. The second kappa shape index (κ2) is 7.37. The van der Waals surface area contributed by atoms with Crippen LogP contribution < -0.4 is 5.32 Å². The summed E-state index contributed by atoms with van der Waals surface area (Å²) in [4.78, 5) is 0. The maximum absolute atomic E-state index is 9.37. The molecule has 2 rings (SSSR count). The summed E-state index contributed by atoms with van der Waals surface area (Å²) in [5.74, 6) is 6.43. The van der Waals surface area contributed by atoms with E-state index >= 15 is 0 Å². The number of hydrogen-bond acceptors (Lipinski definition) is 2. The largest absolute Gasteiger partial charge is 0.396 e. The molecular weight excluding hydrogens is 246 g/mol. The van der Waals surface area contributed by atoms with Crippen molar-refractivity contribution in [1.29, 1.82) is 0 Å². The topological polar surface area (TPSA) is 32.3 Å². The molecule has 2 N–H and O–H groups in total. The number of para-hydroxylation sites is 1. The Hall–Kier alpha value is -2.24. The van der Waals surface area contributed by atoms with Crippen LogP contribution in [0, 0.1) is 17.8 Å². The molecule has 0 aliphatic carbocycles. The molecule has 2 nitrogen and oxygen atoms in total. The lowest BCUT2D eigenvalue weighted by molar-refractivity contribution is 0.233. The predicted molar refractivity (Wildman–Crippen MR) is 83.4 cm³/mol. The fourth-order valence-electron chi connectivity index (χ4n) is 1.82. The van der Waals surface area contributed by atoms with E-state index in [1.165, 1.54) is 0 Å². The highest BCUT2D eigenvalue weighted by Gasteiger charge is 2.13. The van der Waals surface area contributed by atoms with Crippen LogP contribution in [-0.4, -0.2) is 17.8 Å². The smallest absolute Gasteiger partial charge is 0.0928 e. The Morgan fingerprint density at radius 3 is 2.20 bits per heavy atom. The van der Waals surface area contributed by atoms with Crippen molar-refractivity contribution in [3.63, 3.8) is 0 Å². The zero-order chi connectivity index (χ0) is 14.2. The van der Waals surface area contributed by atoms with Crippen LogP contribution >= 0.6 is 0 Å². The van der Waals surface area contributed by atoms with Crippen molar-refractivity contribution in [1.82, 2.24) is 0 Å². The quantitative estimate of drug-likeness (QED) is 0.832. The summed E-state index contributed by atoms with van der Waals surface area (Å²) in [6.07, 6.45) is 0. The number of benzene rings is 2. The van der Waals surface area contributed by atoms with Gasteiger partial charge in [0.1, 0.15) is 0 Å². The van der Waals surface area contributed by atoms with Gasteiger partial charge in [0.05, 0.1) is 6.04 Å². The van der Waals surface area contributed by atoms with Crippen molar-refractivity contribution < 1.29 is 5.11 Å². The molecule has 0 bridgehead atoms. The molecule has 0 spiro atoms. The van der Waals surface area contributed by atoms with E-state index in [2.05, 4.69) is 17.2 Å². The van der Waals surface area contributed by atoms with E-state index in [-0.39, 0.29) is 18.6 Å². The molecule has 0 aliphatic heterocycles. The van der Waals surface area contributed by atoms with E-state index in [1.807, 2.05) is 67.6 Å². The molecule has 20 heavy (non-hydrogen) atoms. The predicted octanol–water partition coefficient (Wildman–Crippen LogP) is 3.15. The Bertz CT molecular complexity index is 569. The fourth-order valence-corrected chi connectivity index (χ4v) is 1.82. The van der Waals surface area contributed by atoms with Gasteiger partial charge in [0.2, 0.25) is 0 Å². The molecule has 2 atom stereocenters. The molecule has 0 unspecified atom stereocenters. The van der Waals surface area contributed by atoms with Crippen molar-refractivity contribution in [3.05, 3.63) is 66.2 Å². The van der Waals surface area contributed by atoms with Gasteiger partial charge in [0, 0.05) is 23.8 Å². The zero-order valence-electron chi connectivity index (χ0n) is 11.6. The van der Waals surface area contributed by atoms with Crippen molar-refractivity contribution in [2.75, 3.05) is 11.9 Å². The van der Waals surface area contributed by atoms with Crippen LogP contribution in [0.4, 0.5) is 5.69 Å². The third-order valence-electron chi connectivity index (χ3n) is 3.10. The summed E-state index contributed by atoms with van der Waals surface area (Å²) in [5.41, 5.74) is 2.00. The Morgan fingerprint density at radius 2 is 1.60 bits per heavy atom. The number of aliphatic hydroxyl groups excluding tert-OH is 1. The van der Waals surface area contributed by atoms with Crippen LogP contribution in [-0.2, 0) is 0 Å². The average Bonchev–Trinajstić information content (AvgIpc) is 2.52. The van der Waals surface area contributed by atoms with Gasteiger partial charge in [-0.05, 0) is 24.3 Å². The molecule has 2 aromatic carbocycles. The first-order valence-corrected chi connectivity index (χ1v) is 6.78. The van der Waals surface area contributed by atoms with Gasteiger partial charge in [-0.2, -0.15) is 0 Å². The maximum Gasteiger partial charge on any atom is 0.0928 e. The molecule has 0 aromatic heterocycles. The Morgan fingerprint density at radius 1 is 1.00 bits per heavy atom. The van der Waals surface area contributed by atoms with Crippen LogP contribution in [0.5, 0.6) is 0 Å². The molecule has 0 radical (unpaired) electrons. The van der Waals surface area contributed by atoms with Crippen molar-refractivity contribution in [2.45, 2.75) is 13.0 Å². The van der Waals surface area contributed by atoms with Gasteiger partial charge >= 0.3 is 0 Å². The minimum atomic E-state index is -0.0809. The van der Waals surface area contributed by atoms with Gasteiger partial charge in [-0.15, -0.1) is 0 Å². The van der Waals surface area contributed by atoms with Crippen LogP contribution in [0.25, 0.3) is 0 Å². The molecule has 2 aromatic rings. The highest BCUT2D eigenvalue weighted by molar-refractivity contribution is 5.46. The van der Waals surface area contributed by atoms with Gasteiger partial charge in [-0.25, -0.2) is 0 Å². The summed E-state index contributed by atoms with van der Waals surface area (Å²) in [5, 5.41) is 12.7. The molecule has 2 heteroatoms. The van der Waals surface area contributed by atoms with Gasteiger partial charge in [0.25, 0.3) is 0 Å². The van der Waals surface area contributed by atoms with E-state index in [0.29, 0.717) is 0 Å². The molecule has 0 aliphatic rings. The maximum atomic E-state index is 9.37. The molecule has 102 valence electrons. The third-order valence-corrected chi connectivity index (χ3v) is 3.10. The van der Waals surface area contributed by atoms with Crippen LogP contribution in [0.2, 0.25) is 0 Å². The van der Waals surface area contributed by atoms with Crippen LogP contribution in [0.3, 0.4) is 0 Å². The lowest BCUT2D eigenvalue weighted by Gasteiger charge is -2.19.